The highest BCUT2D eigenvalue weighted by Gasteiger charge is 2.34. The normalized spacial score (nSPS) is 11.8. The topological polar surface area (TPSA) is 20.3 Å². The van der Waals surface area contributed by atoms with Crippen LogP contribution in [0.5, 0.6) is 0 Å². The van der Waals surface area contributed by atoms with Gasteiger partial charge < -0.3 is 4.90 Å². The van der Waals surface area contributed by atoms with Crippen LogP contribution in [-0.2, 0) is 6.18 Å². The molecule has 0 saturated carbocycles. The van der Waals surface area contributed by atoms with Gasteiger partial charge in [-0.15, -0.1) is 0 Å². The molecule has 0 atom stereocenters. The van der Waals surface area contributed by atoms with Gasteiger partial charge in [0, 0.05) is 23.8 Å². The molecule has 1 rings (SSSR count). The van der Waals surface area contributed by atoms with Crippen LogP contribution in [0.25, 0.3) is 0 Å². The fraction of sp³-hybridized carbons (Fsp3) is 0.562. The van der Waals surface area contributed by atoms with Crippen LogP contribution < -0.4 is 4.90 Å². The molecule has 0 aromatic heterocycles. The van der Waals surface area contributed by atoms with Crippen LogP contribution in [0.15, 0.2) is 18.2 Å². The van der Waals surface area contributed by atoms with E-state index in [2.05, 4.69) is 6.92 Å². The number of nitrogens with zero attached hydrogens (tertiary/aromatic N) is 1. The number of hydrogen-bond donors (Lipinski definition) is 0. The molecule has 0 radical (unpaired) electrons. The van der Waals surface area contributed by atoms with Crippen molar-refractivity contribution >= 4 is 12.0 Å². The fourth-order valence-corrected chi connectivity index (χ4v) is 2.29. The predicted molar refractivity (Wildman–Crippen MR) is 78.8 cm³/mol. The minimum Gasteiger partial charge on any atom is -0.369 e. The molecule has 0 spiro atoms. The number of hydrogen-bond acceptors (Lipinski definition) is 2. The average Bonchev–Trinajstić information content (AvgIpc) is 2.41. The maximum Gasteiger partial charge on any atom is 0.417 e. The first-order valence-electron chi connectivity index (χ1n) is 7.24. The first kappa shape index (κ1) is 17.5. The largest absolute Gasteiger partial charge is 0.417 e. The van der Waals surface area contributed by atoms with Crippen molar-refractivity contribution in [2.75, 3.05) is 11.4 Å². The van der Waals surface area contributed by atoms with Gasteiger partial charge in [-0.1, -0.05) is 19.8 Å². The summed E-state index contributed by atoms with van der Waals surface area (Å²) >= 11 is 0. The van der Waals surface area contributed by atoms with Crippen molar-refractivity contribution in [3.63, 3.8) is 0 Å². The quantitative estimate of drug-likeness (QED) is 0.526. The van der Waals surface area contributed by atoms with Crippen LogP contribution >= 0.6 is 0 Å². The Labute approximate surface area is 123 Å². The van der Waals surface area contributed by atoms with E-state index in [4.69, 9.17) is 0 Å². The fourth-order valence-electron chi connectivity index (χ4n) is 2.29. The van der Waals surface area contributed by atoms with Crippen molar-refractivity contribution < 1.29 is 18.0 Å². The first-order valence-corrected chi connectivity index (χ1v) is 7.24. The minimum absolute atomic E-state index is 0.102. The van der Waals surface area contributed by atoms with Gasteiger partial charge in [-0.2, -0.15) is 13.2 Å². The molecule has 0 aliphatic carbocycles. The zero-order valence-electron chi connectivity index (χ0n) is 12.7. The van der Waals surface area contributed by atoms with E-state index in [1.807, 2.05) is 18.7 Å². The number of halogens is 3. The van der Waals surface area contributed by atoms with E-state index < -0.39 is 11.7 Å². The van der Waals surface area contributed by atoms with Gasteiger partial charge in [-0.05, 0) is 38.5 Å². The molecular weight excluding hydrogens is 279 g/mol. The lowest BCUT2D eigenvalue weighted by molar-refractivity contribution is -0.137. The zero-order valence-corrected chi connectivity index (χ0v) is 12.7. The van der Waals surface area contributed by atoms with E-state index in [1.165, 1.54) is 6.07 Å². The van der Waals surface area contributed by atoms with Gasteiger partial charge >= 0.3 is 6.18 Å². The summed E-state index contributed by atoms with van der Waals surface area (Å²) in [5.41, 5.74) is -0.668. The van der Waals surface area contributed by atoms with E-state index >= 15 is 0 Å². The number of anilines is 1. The van der Waals surface area contributed by atoms with Gasteiger partial charge in [0.2, 0.25) is 0 Å². The minimum atomic E-state index is -4.52. The molecule has 21 heavy (non-hydrogen) atoms. The summed E-state index contributed by atoms with van der Waals surface area (Å²) in [4.78, 5) is 12.7. The molecule has 0 aliphatic heterocycles. The molecule has 0 heterocycles. The molecule has 5 heteroatoms. The highest BCUT2D eigenvalue weighted by atomic mass is 19.4. The Hall–Kier alpha value is -1.52. The van der Waals surface area contributed by atoms with Crippen molar-refractivity contribution in [1.82, 2.24) is 0 Å². The summed E-state index contributed by atoms with van der Waals surface area (Å²) in [6.07, 6.45) is -1.22. The summed E-state index contributed by atoms with van der Waals surface area (Å²) in [5.74, 6) is 0. The van der Waals surface area contributed by atoms with Gasteiger partial charge in [-0.3, -0.25) is 4.79 Å². The number of carbonyl (C=O) groups is 1. The van der Waals surface area contributed by atoms with Gasteiger partial charge in [0.15, 0.2) is 6.29 Å². The molecule has 118 valence electrons. The molecular formula is C16H22F3NO. The zero-order chi connectivity index (χ0) is 16.0. The molecule has 2 nitrogen and oxygen atoms in total. The smallest absolute Gasteiger partial charge is 0.369 e. The number of rotatable bonds is 7. The molecule has 0 amide bonds. The number of aldehydes is 1. The summed E-state index contributed by atoms with van der Waals surface area (Å²) in [6, 6.07) is 4.02. The van der Waals surface area contributed by atoms with Crippen molar-refractivity contribution in [3.05, 3.63) is 29.3 Å². The van der Waals surface area contributed by atoms with E-state index in [0.717, 1.165) is 25.3 Å². The van der Waals surface area contributed by atoms with Crippen LogP contribution in [-0.4, -0.2) is 18.9 Å². The highest BCUT2D eigenvalue weighted by Crippen LogP contribution is 2.34. The van der Waals surface area contributed by atoms with Crippen LogP contribution in [0.2, 0.25) is 0 Å². The third-order valence-electron chi connectivity index (χ3n) is 3.43. The van der Waals surface area contributed by atoms with Gasteiger partial charge in [0.25, 0.3) is 0 Å². The number of unbranched alkanes of at least 4 members (excludes halogenated alkanes) is 2. The van der Waals surface area contributed by atoms with Crippen molar-refractivity contribution in [2.45, 2.75) is 52.3 Å². The second kappa shape index (κ2) is 7.48. The molecule has 0 fully saturated rings. The van der Waals surface area contributed by atoms with E-state index in [-0.39, 0.29) is 17.9 Å². The van der Waals surface area contributed by atoms with Crippen molar-refractivity contribution in [1.29, 1.82) is 0 Å². The lowest BCUT2D eigenvalue weighted by atomic mass is 10.1. The molecule has 0 N–H and O–H groups in total. The van der Waals surface area contributed by atoms with Crippen LogP contribution in [0.4, 0.5) is 18.9 Å². The van der Waals surface area contributed by atoms with Crippen molar-refractivity contribution in [3.8, 4) is 0 Å². The summed E-state index contributed by atoms with van der Waals surface area (Å²) in [5, 5.41) is 0. The lowest BCUT2D eigenvalue weighted by Crippen LogP contribution is -2.32. The summed E-state index contributed by atoms with van der Waals surface area (Å²) in [6.45, 7) is 6.70. The monoisotopic (exact) mass is 301 g/mol. The Kier molecular flexibility index (Phi) is 6.24. The number of alkyl halides is 3. The Morgan fingerprint density at radius 2 is 1.90 bits per heavy atom. The molecule has 0 aliphatic rings. The predicted octanol–water partition coefficient (Wildman–Crippen LogP) is 4.92. The van der Waals surface area contributed by atoms with Crippen LogP contribution in [0.1, 0.15) is 56.0 Å². The maximum absolute atomic E-state index is 13.0. The third-order valence-corrected chi connectivity index (χ3v) is 3.43. The first-order chi connectivity index (χ1) is 9.81. The van der Waals surface area contributed by atoms with Gasteiger partial charge in [0.05, 0.1) is 5.56 Å². The Bertz CT molecular complexity index is 469. The molecule has 0 saturated heterocycles. The lowest BCUT2D eigenvalue weighted by Gasteiger charge is -2.30. The maximum atomic E-state index is 13.0. The highest BCUT2D eigenvalue weighted by molar-refractivity contribution is 5.79. The van der Waals surface area contributed by atoms with Crippen LogP contribution in [0.3, 0.4) is 0 Å². The van der Waals surface area contributed by atoms with Gasteiger partial charge in [0.1, 0.15) is 0 Å². The Morgan fingerprint density at radius 1 is 1.24 bits per heavy atom. The van der Waals surface area contributed by atoms with Crippen molar-refractivity contribution in [2.24, 2.45) is 0 Å². The van der Waals surface area contributed by atoms with Gasteiger partial charge in [-0.25, -0.2) is 0 Å². The SMILES string of the molecule is CCCCCN(c1ccc(C=O)c(C(F)(F)F)c1)C(C)C. The summed E-state index contributed by atoms with van der Waals surface area (Å²) in [7, 11) is 0. The van der Waals surface area contributed by atoms with E-state index in [1.54, 1.807) is 6.07 Å². The average molecular weight is 301 g/mol. The second-order valence-corrected chi connectivity index (χ2v) is 5.38. The second-order valence-electron chi connectivity index (χ2n) is 5.38. The Morgan fingerprint density at radius 3 is 2.38 bits per heavy atom. The molecule has 0 unspecified atom stereocenters. The Balaban J connectivity index is 3.12. The molecule has 1 aromatic rings. The van der Waals surface area contributed by atoms with E-state index in [9.17, 15) is 18.0 Å². The standard InChI is InChI=1S/C16H22F3NO/c1-4-5-6-9-20(12(2)3)14-8-7-13(11-21)15(10-14)16(17,18)19/h7-8,10-12H,4-6,9H2,1-3H3. The summed E-state index contributed by atoms with van der Waals surface area (Å²) < 4.78 is 39.0. The molecule has 0 bridgehead atoms. The number of benzene rings is 1. The van der Waals surface area contributed by atoms with E-state index in [0.29, 0.717) is 12.2 Å². The third kappa shape index (κ3) is 4.76. The number of carbonyl (C=O) groups excluding carboxylic acids is 1. The van der Waals surface area contributed by atoms with Crippen LogP contribution in [0, 0.1) is 0 Å². The molecule has 1 aromatic carbocycles.